The topological polar surface area (TPSA) is 66.8 Å². The fourth-order valence-corrected chi connectivity index (χ4v) is 2.33. The number of phenolic OH excluding ortho intramolecular Hbond substituents is 1. The Morgan fingerprint density at radius 2 is 1.85 bits per heavy atom. The molecule has 104 valence electrons. The van der Waals surface area contributed by atoms with E-state index in [4.69, 9.17) is 9.84 Å². The van der Waals surface area contributed by atoms with Crippen LogP contribution in [0, 0.1) is 0 Å². The number of ether oxygens (including phenoxy) is 1. The van der Waals surface area contributed by atoms with Gasteiger partial charge in [0, 0.05) is 11.0 Å². The van der Waals surface area contributed by atoms with Gasteiger partial charge in [-0.3, -0.25) is 0 Å². The van der Waals surface area contributed by atoms with Crippen LogP contribution in [0.2, 0.25) is 0 Å². The second-order valence-corrected chi connectivity index (χ2v) is 5.36. The van der Waals surface area contributed by atoms with Crippen LogP contribution in [0.15, 0.2) is 47.4 Å². The molecule has 0 fully saturated rings. The summed E-state index contributed by atoms with van der Waals surface area (Å²) in [5, 5.41) is 18.4. The number of phenols is 1. The van der Waals surface area contributed by atoms with E-state index in [0.717, 1.165) is 10.6 Å². The van der Waals surface area contributed by atoms with Crippen LogP contribution < -0.4 is 4.74 Å². The molecule has 5 heteroatoms. The van der Waals surface area contributed by atoms with E-state index in [1.54, 1.807) is 11.8 Å². The highest BCUT2D eigenvalue weighted by molar-refractivity contribution is 7.99. The second-order valence-electron chi connectivity index (χ2n) is 4.03. The van der Waals surface area contributed by atoms with Gasteiger partial charge in [-0.05, 0) is 42.2 Å². The van der Waals surface area contributed by atoms with Gasteiger partial charge in [0.1, 0.15) is 17.2 Å². The molecule has 0 aliphatic heterocycles. The monoisotopic (exact) mass is 290 g/mol. The second kappa shape index (κ2) is 6.34. The molecule has 4 nitrogen and oxygen atoms in total. The number of carboxylic acids is 1. The number of carbonyl (C=O) groups is 1. The Hall–Kier alpha value is -2.14. The van der Waals surface area contributed by atoms with Crippen molar-refractivity contribution in [1.82, 2.24) is 0 Å². The maximum absolute atomic E-state index is 10.9. The lowest BCUT2D eigenvalue weighted by Gasteiger charge is -2.08. The minimum absolute atomic E-state index is 0.0156. The molecule has 0 aromatic heterocycles. The van der Waals surface area contributed by atoms with Crippen molar-refractivity contribution in [2.75, 3.05) is 5.75 Å². The predicted octanol–water partition coefficient (Wildman–Crippen LogP) is 3.99. The van der Waals surface area contributed by atoms with Gasteiger partial charge in [0.2, 0.25) is 0 Å². The Morgan fingerprint density at radius 3 is 2.45 bits per heavy atom. The van der Waals surface area contributed by atoms with Crippen molar-refractivity contribution < 1.29 is 19.7 Å². The minimum atomic E-state index is -1.11. The van der Waals surface area contributed by atoms with E-state index in [2.05, 4.69) is 6.92 Å². The highest BCUT2D eigenvalue weighted by Gasteiger charge is 2.08. The van der Waals surface area contributed by atoms with Gasteiger partial charge in [-0.1, -0.05) is 6.92 Å². The molecule has 0 saturated heterocycles. The van der Waals surface area contributed by atoms with Crippen molar-refractivity contribution in [3.63, 3.8) is 0 Å². The quantitative estimate of drug-likeness (QED) is 0.815. The van der Waals surface area contributed by atoms with E-state index in [1.807, 2.05) is 24.3 Å². The maximum Gasteiger partial charge on any atom is 0.335 e. The molecule has 0 heterocycles. The Morgan fingerprint density at radius 1 is 1.15 bits per heavy atom. The third-order valence-electron chi connectivity index (χ3n) is 2.51. The minimum Gasteiger partial charge on any atom is -0.508 e. The first-order valence-electron chi connectivity index (χ1n) is 6.06. The Bertz CT molecular complexity index is 608. The third-order valence-corrected chi connectivity index (χ3v) is 3.40. The number of aromatic carboxylic acids is 1. The summed E-state index contributed by atoms with van der Waals surface area (Å²) in [7, 11) is 0. The Labute approximate surface area is 121 Å². The van der Waals surface area contributed by atoms with Gasteiger partial charge in [-0.2, -0.15) is 0 Å². The van der Waals surface area contributed by atoms with Gasteiger partial charge in [0.15, 0.2) is 0 Å². The summed E-state index contributed by atoms with van der Waals surface area (Å²) in [6.07, 6.45) is 0. The largest absolute Gasteiger partial charge is 0.508 e. The normalized spacial score (nSPS) is 10.2. The van der Waals surface area contributed by atoms with Crippen molar-refractivity contribution in [2.24, 2.45) is 0 Å². The number of benzene rings is 2. The van der Waals surface area contributed by atoms with Gasteiger partial charge in [0.05, 0.1) is 5.56 Å². The van der Waals surface area contributed by atoms with Crippen LogP contribution in [-0.2, 0) is 0 Å². The van der Waals surface area contributed by atoms with Crippen molar-refractivity contribution in [3.05, 3.63) is 48.0 Å². The highest BCUT2D eigenvalue weighted by atomic mass is 32.2. The number of rotatable bonds is 5. The molecule has 0 bridgehead atoms. The van der Waals surface area contributed by atoms with Crippen molar-refractivity contribution in [3.8, 4) is 17.2 Å². The SMILES string of the molecule is CCSc1ccc(Oc2cc(O)cc(C(=O)O)c2)cc1. The first-order valence-corrected chi connectivity index (χ1v) is 7.05. The first kappa shape index (κ1) is 14.3. The highest BCUT2D eigenvalue weighted by Crippen LogP contribution is 2.28. The zero-order chi connectivity index (χ0) is 14.5. The molecule has 0 amide bonds. The maximum atomic E-state index is 10.9. The summed E-state index contributed by atoms with van der Waals surface area (Å²) >= 11 is 1.73. The van der Waals surface area contributed by atoms with Gasteiger partial charge in [0.25, 0.3) is 0 Å². The average molecular weight is 290 g/mol. The van der Waals surface area contributed by atoms with E-state index >= 15 is 0 Å². The van der Waals surface area contributed by atoms with Gasteiger partial charge >= 0.3 is 5.97 Å². The molecule has 0 atom stereocenters. The van der Waals surface area contributed by atoms with Crippen LogP contribution in [0.4, 0.5) is 0 Å². The first-order chi connectivity index (χ1) is 9.58. The van der Waals surface area contributed by atoms with Crippen molar-refractivity contribution >= 4 is 17.7 Å². The molecular formula is C15H14O4S. The number of hydrogen-bond donors (Lipinski definition) is 2. The number of thioether (sulfide) groups is 1. The van der Waals surface area contributed by atoms with E-state index in [0.29, 0.717) is 11.5 Å². The van der Waals surface area contributed by atoms with E-state index in [1.165, 1.54) is 18.2 Å². The Balaban J connectivity index is 2.19. The van der Waals surface area contributed by atoms with Crippen LogP contribution in [-0.4, -0.2) is 21.9 Å². The molecule has 0 radical (unpaired) electrons. The number of aromatic hydroxyl groups is 1. The number of hydrogen-bond acceptors (Lipinski definition) is 4. The molecule has 2 N–H and O–H groups in total. The molecule has 2 rings (SSSR count). The van der Waals surface area contributed by atoms with Crippen molar-refractivity contribution in [1.29, 1.82) is 0 Å². The van der Waals surface area contributed by atoms with Crippen LogP contribution in [0.5, 0.6) is 17.2 Å². The zero-order valence-corrected chi connectivity index (χ0v) is 11.7. The molecule has 2 aromatic rings. The fourth-order valence-electron chi connectivity index (χ4n) is 1.67. The summed E-state index contributed by atoms with van der Waals surface area (Å²) in [6, 6.07) is 11.4. The number of carboxylic acid groups (broad SMARTS) is 1. The lowest BCUT2D eigenvalue weighted by atomic mass is 10.2. The fraction of sp³-hybridized carbons (Fsp3) is 0.133. The molecule has 0 aliphatic carbocycles. The summed E-state index contributed by atoms with van der Waals surface area (Å²) in [5.74, 6) is 0.624. The smallest absolute Gasteiger partial charge is 0.335 e. The van der Waals surface area contributed by atoms with Gasteiger partial charge in [-0.15, -0.1) is 11.8 Å². The average Bonchev–Trinajstić information content (AvgIpc) is 2.40. The third kappa shape index (κ3) is 3.68. The predicted molar refractivity (Wildman–Crippen MR) is 78.0 cm³/mol. The van der Waals surface area contributed by atoms with Crippen LogP contribution >= 0.6 is 11.8 Å². The van der Waals surface area contributed by atoms with Crippen LogP contribution in [0.3, 0.4) is 0 Å². The Kier molecular flexibility index (Phi) is 4.53. The summed E-state index contributed by atoms with van der Waals surface area (Å²) in [4.78, 5) is 12.0. The lowest BCUT2D eigenvalue weighted by Crippen LogP contribution is -1.96. The van der Waals surface area contributed by atoms with Gasteiger partial charge < -0.3 is 14.9 Å². The molecule has 20 heavy (non-hydrogen) atoms. The molecule has 2 aromatic carbocycles. The molecule has 0 unspecified atom stereocenters. The summed E-state index contributed by atoms with van der Waals surface area (Å²) in [6.45, 7) is 2.08. The molecule has 0 saturated carbocycles. The molecular weight excluding hydrogens is 276 g/mol. The standard InChI is InChI=1S/C15H14O4S/c1-2-20-14-5-3-12(4-6-14)19-13-8-10(15(17)18)7-11(16)9-13/h3-9,16H,2H2,1H3,(H,17,18). The van der Waals surface area contributed by atoms with Crippen LogP contribution in [0.1, 0.15) is 17.3 Å². The van der Waals surface area contributed by atoms with E-state index in [-0.39, 0.29) is 11.3 Å². The van der Waals surface area contributed by atoms with E-state index in [9.17, 15) is 9.90 Å². The van der Waals surface area contributed by atoms with Crippen molar-refractivity contribution in [2.45, 2.75) is 11.8 Å². The lowest BCUT2D eigenvalue weighted by molar-refractivity contribution is 0.0696. The van der Waals surface area contributed by atoms with E-state index < -0.39 is 5.97 Å². The van der Waals surface area contributed by atoms with Crippen LogP contribution in [0.25, 0.3) is 0 Å². The summed E-state index contributed by atoms with van der Waals surface area (Å²) in [5.41, 5.74) is -0.0156. The molecule has 0 spiro atoms. The zero-order valence-electron chi connectivity index (χ0n) is 10.9. The van der Waals surface area contributed by atoms with Gasteiger partial charge in [-0.25, -0.2) is 4.79 Å². The summed E-state index contributed by atoms with van der Waals surface area (Å²) < 4.78 is 5.55. The molecule has 0 aliphatic rings.